The summed E-state index contributed by atoms with van der Waals surface area (Å²) in [7, 11) is 0. The number of imidazole rings is 1. The standard InChI is InChI=1S/C16H18ClN5O/c1-9(5-12-6-10(2)21-22-12)18-16(23)8-15-19-13-4-3-11(17)7-14(13)20-15/h3-4,6-7,9H,5,8H2,1-2H3,(H,18,23)(H,19,20)(H,21,22). The summed E-state index contributed by atoms with van der Waals surface area (Å²) in [5, 5.41) is 10.7. The van der Waals surface area contributed by atoms with Crippen LogP contribution in [-0.2, 0) is 17.6 Å². The highest BCUT2D eigenvalue weighted by atomic mass is 35.5. The Kier molecular flexibility index (Phi) is 4.34. The maximum atomic E-state index is 12.1. The van der Waals surface area contributed by atoms with E-state index in [1.54, 1.807) is 12.1 Å². The van der Waals surface area contributed by atoms with Gasteiger partial charge in [0.2, 0.25) is 5.91 Å². The van der Waals surface area contributed by atoms with E-state index in [1.165, 1.54) is 0 Å². The van der Waals surface area contributed by atoms with E-state index in [0.717, 1.165) is 22.4 Å². The number of aryl methyl sites for hydroxylation is 1. The van der Waals surface area contributed by atoms with Crippen molar-refractivity contribution in [2.75, 3.05) is 0 Å². The summed E-state index contributed by atoms with van der Waals surface area (Å²) in [4.78, 5) is 19.7. The molecule has 0 radical (unpaired) electrons. The first-order chi connectivity index (χ1) is 11.0. The number of rotatable bonds is 5. The molecule has 0 aliphatic carbocycles. The van der Waals surface area contributed by atoms with Crippen molar-refractivity contribution < 1.29 is 4.79 Å². The number of carbonyl (C=O) groups is 1. The van der Waals surface area contributed by atoms with E-state index in [2.05, 4.69) is 25.5 Å². The molecule has 23 heavy (non-hydrogen) atoms. The molecular weight excluding hydrogens is 314 g/mol. The molecule has 2 aromatic heterocycles. The molecule has 120 valence electrons. The minimum absolute atomic E-state index is 0.00372. The van der Waals surface area contributed by atoms with Gasteiger partial charge in [-0.25, -0.2) is 4.98 Å². The Morgan fingerprint density at radius 1 is 1.39 bits per heavy atom. The highest BCUT2D eigenvalue weighted by molar-refractivity contribution is 6.31. The Bertz CT molecular complexity index is 838. The molecule has 7 heteroatoms. The maximum Gasteiger partial charge on any atom is 0.227 e. The van der Waals surface area contributed by atoms with Crippen LogP contribution in [0.15, 0.2) is 24.3 Å². The van der Waals surface area contributed by atoms with E-state index in [1.807, 2.05) is 26.0 Å². The van der Waals surface area contributed by atoms with Crippen LogP contribution in [0.4, 0.5) is 0 Å². The van der Waals surface area contributed by atoms with E-state index < -0.39 is 0 Å². The first-order valence-corrected chi connectivity index (χ1v) is 7.82. The van der Waals surface area contributed by atoms with Gasteiger partial charge >= 0.3 is 0 Å². The Balaban J connectivity index is 1.59. The van der Waals surface area contributed by atoms with Crippen LogP contribution >= 0.6 is 11.6 Å². The minimum atomic E-state index is -0.0742. The largest absolute Gasteiger partial charge is 0.353 e. The summed E-state index contributed by atoms with van der Waals surface area (Å²) in [5.41, 5.74) is 3.59. The molecule has 0 aliphatic heterocycles. The highest BCUT2D eigenvalue weighted by Crippen LogP contribution is 2.17. The van der Waals surface area contributed by atoms with Crippen LogP contribution < -0.4 is 5.32 Å². The molecule has 3 N–H and O–H groups in total. The number of carbonyl (C=O) groups excluding carboxylic acids is 1. The van der Waals surface area contributed by atoms with Crippen LogP contribution in [0.5, 0.6) is 0 Å². The van der Waals surface area contributed by atoms with Crippen LogP contribution in [0, 0.1) is 6.92 Å². The maximum absolute atomic E-state index is 12.1. The van der Waals surface area contributed by atoms with E-state index in [-0.39, 0.29) is 18.4 Å². The lowest BCUT2D eigenvalue weighted by Crippen LogP contribution is -2.35. The number of nitrogens with zero attached hydrogens (tertiary/aromatic N) is 2. The number of hydrogen-bond donors (Lipinski definition) is 3. The molecular formula is C16H18ClN5O. The van der Waals surface area contributed by atoms with Gasteiger partial charge in [0.15, 0.2) is 0 Å². The topological polar surface area (TPSA) is 86.5 Å². The van der Waals surface area contributed by atoms with E-state index in [9.17, 15) is 4.79 Å². The zero-order valence-corrected chi connectivity index (χ0v) is 13.7. The van der Waals surface area contributed by atoms with Crippen molar-refractivity contribution in [1.29, 1.82) is 0 Å². The van der Waals surface area contributed by atoms with Gasteiger partial charge in [0.25, 0.3) is 0 Å². The van der Waals surface area contributed by atoms with Gasteiger partial charge in [0, 0.05) is 23.2 Å². The number of nitrogens with one attached hydrogen (secondary N) is 3. The predicted molar refractivity (Wildman–Crippen MR) is 89.4 cm³/mol. The molecule has 1 aromatic carbocycles. The highest BCUT2D eigenvalue weighted by Gasteiger charge is 2.12. The smallest absolute Gasteiger partial charge is 0.227 e. The van der Waals surface area contributed by atoms with Gasteiger partial charge in [-0.2, -0.15) is 5.10 Å². The molecule has 0 spiro atoms. The van der Waals surface area contributed by atoms with E-state index in [4.69, 9.17) is 11.6 Å². The van der Waals surface area contributed by atoms with Crippen molar-refractivity contribution in [2.24, 2.45) is 0 Å². The zero-order chi connectivity index (χ0) is 16.4. The van der Waals surface area contributed by atoms with Gasteiger partial charge in [-0.1, -0.05) is 11.6 Å². The molecule has 1 unspecified atom stereocenters. The first kappa shape index (κ1) is 15.6. The average Bonchev–Trinajstić information content (AvgIpc) is 3.03. The van der Waals surface area contributed by atoms with Crippen molar-refractivity contribution in [3.8, 4) is 0 Å². The van der Waals surface area contributed by atoms with Crippen molar-refractivity contribution in [2.45, 2.75) is 32.7 Å². The zero-order valence-electron chi connectivity index (χ0n) is 13.0. The third-order valence-corrected chi connectivity index (χ3v) is 3.74. The lowest BCUT2D eigenvalue weighted by Gasteiger charge is -2.11. The molecule has 1 atom stereocenters. The summed E-state index contributed by atoms with van der Waals surface area (Å²) in [6, 6.07) is 7.39. The monoisotopic (exact) mass is 331 g/mol. The normalized spacial score (nSPS) is 12.5. The Labute approximate surface area is 138 Å². The van der Waals surface area contributed by atoms with Gasteiger partial charge in [0.1, 0.15) is 5.82 Å². The van der Waals surface area contributed by atoms with Crippen molar-refractivity contribution in [3.05, 3.63) is 46.5 Å². The number of fused-ring (bicyclic) bond motifs is 1. The van der Waals surface area contributed by atoms with Gasteiger partial charge < -0.3 is 10.3 Å². The molecule has 1 amide bonds. The molecule has 2 heterocycles. The Morgan fingerprint density at radius 2 is 2.22 bits per heavy atom. The molecule has 0 aliphatic rings. The molecule has 3 aromatic rings. The number of halogens is 1. The van der Waals surface area contributed by atoms with Crippen LogP contribution in [0.25, 0.3) is 11.0 Å². The predicted octanol–water partition coefficient (Wildman–Crippen LogP) is 2.54. The molecule has 0 saturated carbocycles. The quantitative estimate of drug-likeness (QED) is 0.671. The van der Waals surface area contributed by atoms with E-state index in [0.29, 0.717) is 17.3 Å². The minimum Gasteiger partial charge on any atom is -0.353 e. The fourth-order valence-corrected chi connectivity index (χ4v) is 2.71. The molecule has 6 nitrogen and oxygen atoms in total. The summed E-state index contributed by atoms with van der Waals surface area (Å²) in [6.07, 6.45) is 0.891. The van der Waals surface area contributed by atoms with Crippen molar-refractivity contribution in [3.63, 3.8) is 0 Å². The van der Waals surface area contributed by atoms with Gasteiger partial charge in [-0.15, -0.1) is 0 Å². The summed E-state index contributed by atoms with van der Waals surface area (Å²) < 4.78 is 0. The van der Waals surface area contributed by atoms with Gasteiger partial charge in [-0.3, -0.25) is 9.89 Å². The number of hydrogen-bond acceptors (Lipinski definition) is 3. The molecule has 0 saturated heterocycles. The van der Waals surface area contributed by atoms with Crippen LogP contribution in [0.2, 0.25) is 5.02 Å². The third kappa shape index (κ3) is 3.90. The fourth-order valence-electron chi connectivity index (χ4n) is 2.54. The molecule has 0 bridgehead atoms. The fraction of sp³-hybridized carbons (Fsp3) is 0.312. The van der Waals surface area contributed by atoms with Crippen molar-refractivity contribution >= 4 is 28.5 Å². The average molecular weight is 332 g/mol. The van der Waals surface area contributed by atoms with Crippen LogP contribution in [-0.4, -0.2) is 32.1 Å². The number of benzene rings is 1. The Morgan fingerprint density at radius 3 is 2.96 bits per heavy atom. The third-order valence-electron chi connectivity index (χ3n) is 3.50. The lowest BCUT2D eigenvalue weighted by molar-refractivity contribution is -0.121. The Hall–Kier alpha value is -2.34. The number of H-pyrrole nitrogens is 2. The van der Waals surface area contributed by atoms with Gasteiger partial charge in [-0.05, 0) is 38.1 Å². The lowest BCUT2D eigenvalue weighted by atomic mass is 10.1. The summed E-state index contributed by atoms with van der Waals surface area (Å²) in [5.74, 6) is 0.553. The second-order valence-corrected chi connectivity index (χ2v) is 6.17. The van der Waals surface area contributed by atoms with Crippen LogP contribution in [0.3, 0.4) is 0 Å². The SMILES string of the molecule is Cc1cc(CC(C)NC(=O)Cc2nc3ccc(Cl)cc3[nH]2)n[nH]1. The van der Waals surface area contributed by atoms with Gasteiger partial charge in [0.05, 0.1) is 23.1 Å². The summed E-state index contributed by atoms with van der Waals surface area (Å²) in [6.45, 7) is 3.91. The van der Waals surface area contributed by atoms with E-state index >= 15 is 0 Å². The second kappa shape index (κ2) is 6.42. The van der Waals surface area contributed by atoms with Crippen molar-refractivity contribution in [1.82, 2.24) is 25.5 Å². The molecule has 3 rings (SSSR count). The second-order valence-electron chi connectivity index (χ2n) is 5.74. The van der Waals surface area contributed by atoms with Crippen LogP contribution in [0.1, 0.15) is 24.1 Å². The number of amides is 1. The summed E-state index contributed by atoms with van der Waals surface area (Å²) >= 11 is 5.95. The first-order valence-electron chi connectivity index (χ1n) is 7.44. The molecule has 0 fully saturated rings. The number of aromatic nitrogens is 4. The number of aromatic amines is 2.